The van der Waals surface area contributed by atoms with Crippen LogP contribution in [0.1, 0.15) is 37.8 Å². The van der Waals surface area contributed by atoms with Gasteiger partial charge < -0.3 is 25.3 Å². The van der Waals surface area contributed by atoms with E-state index in [-0.39, 0.29) is 29.4 Å². The smallest absolute Gasteiger partial charge is 0.463 e. The second-order valence-corrected chi connectivity index (χ2v) is 5.80. The highest BCUT2D eigenvalue weighted by Gasteiger charge is 2.37. The van der Waals surface area contributed by atoms with E-state index in [0.29, 0.717) is 17.4 Å². The minimum absolute atomic E-state index is 0.0589. The van der Waals surface area contributed by atoms with Gasteiger partial charge in [-0.25, -0.2) is 4.79 Å². The van der Waals surface area contributed by atoms with Gasteiger partial charge in [-0.1, -0.05) is 25.1 Å². The fourth-order valence-corrected chi connectivity index (χ4v) is 3.04. The summed E-state index contributed by atoms with van der Waals surface area (Å²) < 4.78 is 10.5. The molecule has 1 aromatic carbocycles. The Bertz CT molecular complexity index is 823. The van der Waals surface area contributed by atoms with Gasteiger partial charge in [0.1, 0.15) is 17.4 Å². The van der Waals surface area contributed by atoms with Crippen molar-refractivity contribution in [2.75, 3.05) is 6.61 Å². The highest BCUT2D eigenvalue weighted by molar-refractivity contribution is 6.58. The molecule has 1 heterocycles. The third kappa shape index (κ3) is 3.59. The van der Waals surface area contributed by atoms with Gasteiger partial charge in [0.15, 0.2) is 0 Å². The average Bonchev–Trinajstić information content (AvgIpc) is 2.60. The third-order valence-corrected chi connectivity index (χ3v) is 4.26. The van der Waals surface area contributed by atoms with Crippen LogP contribution in [0.2, 0.25) is 0 Å². The lowest BCUT2D eigenvalue weighted by molar-refractivity contribution is -0.139. The van der Waals surface area contributed by atoms with Crippen LogP contribution in [0.15, 0.2) is 41.0 Å². The molecule has 1 unspecified atom stereocenters. The fourth-order valence-electron chi connectivity index (χ4n) is 3.04. The average molecular weight is 356 g/mol. The first kappa shape index (κ1) is 19.6. The quantitative estimate of drug-likeness (QED) is 0.520. The first-order valence-electron chi connectivity index (χ1n) is 8.29. The van der Waals surface area contributed by atoms with Crippen LogP contribution >= 0.6 is 0 Å². The van der Waals surface area contributed by atoms with Crippen LogP contribution in [0.4, 0.5) is 0 Å². The molecule has 26 heavy (non-hydrogen) atoms. The van der Waals surface area contributed by atoms with Crippen molar-refractivity contribution in [1.82, 2.24) is 0 Å². The molecule has 7 nitrogen and oxygen atoms in total. The molecule has 1 aromatic rings. The molecular formula is C18H21BN2O5. The predicted molar refractivity (Wildman–Crippen MR) is 95.6 cm³/mol. The second kappa shape index (κ2) is 8.08. The Morgan fingerprint density at radius 1 is 1.42 bits per heavy atom. The van der Waals surface area contributed by atoms with Gasteiger partial charge in [0.25, 0.3) is 0 Å². The Kier molecular flexibility index (Phi) is 6.08. The van der Waals surface area contributed by atoms with E-state index in [0.717, 1.165) is 5.56 Å². The molecule has 1 aliphatic heterocycles. The molecule has 1 atom stereocenters. The van der Waals surface area contributed by atoms with E-state index in [1.807, 2.05) is 13.0 Å². The molecule has 0 saturated heterocycles. The first-order chi connectivity index (χ1) is 12.3. The molecule has 0 bridgehead atoms. The third-order valence-electron chi connectivity index (χ3n) is 4.26. The Balaban J connectivity index is 2.69. The van der Waals surface area contributed by atoms with Crippen molar-refractivity contribution < 1.29 is 24.3 Å². The number of nitrogens with zero attached hydrogens (tertiary/aromatic N) is 1. The van der Waals surface area contributed by atoms with E-state index in [1.54, 1.807) is 26.0 Å². The number of benzene rings is 1. The molecular weight excluding hydrogens is 335 g/mol. The number of carbonyl (C=O) groups is 1. The monoisotopic (exact) mass is 356 g/mol. The number of aryl methyl sites for hydroxylation is 1. The van der Waals surface area contributed by atoms with Gasteiger partial charge in [-0.3, -0.25) is 0 Å². The molecule has 0 aromatic heterocycles. The Morgan fingerprint density at radius 3 is 2.65 bits per heavy atom. The lowest BCUT2D eigenvalue weighted by Gasteiger charge is -2.28. The summed E-state index contributed by atoms with van der Waals surface area (Å²) in [5, 5.41) is 28.4. The van der Waals surface area contributed by atoms with Gasteiger partial charge in [0.2, 0.25) is 5.88 Å². The van der Waals surface area contributed by atoms with Crippen LogP contribution in [0, 0.1) is 11.3 Å². The predicted octanol–water partition coefficient (Wildman–Crippen LogP) is 0.574. The maximum absolute atomic E-state index is 12.5. The second-order valence-electron chi connectivity index (χ2n) is 5.80. The number of hydrogen-bond acceptors (Lipinski definition) is 7. The van der Waals surface area contributed by atoms with Gasteiger partial charge in [-0.2, -0.15) is 5.26 Å². The van der Waals surface area contributed by atoms with Gasteiger partial charge in [-0.15, -0.1) is 0 Å². The molecule has 0 amide bonds. The number of rotatable bonds is 5. The lowest BCUT2D eigenvalue weighted by atomic mass is 9.75. The zero-order valence-corrected chi connectivity index (χ0v) is 14.9. The summed E-state index contributed by atoms with van der Waals surface area (Å²) >= 11 is 0. The standard InChI is InChI=1S/C18H21BN2O5/c1-4-11-8-12(19(23)24)6-7-13(11)16-14(9-20)17(21)26-10(3)15(16)18(22)25-5-2/h6-8,16,23-24H,4-5,21H2,1-3H3. The Hall–Kier alpha value is -2.76. The van der Waals surface area contributed by atoms with Crippen LogP contribution in [-0.2, 0) is 20.7 Å². The highest BCUT2D eigenvalue weighted by atomic mass is 16.5. The van der Waals surface area contributed by atoms with Gasteiger partial charge in [0.05, 0.1) is 18.1 Å². The topological polar surface area (TPSA) is 126 Å². The normalized spacial score (nSPS) is 16.8. The van der Waals surface area contributed by atoms with Crippen LogP contribution in [0.5, 0.6) is 0 Å². The summed E-state index contributed by atoms with van der Waals surface area (Å²) in [7, 11) is -1.61. The summed E-state index contributed by atoms with van der Waals surface area (Å²) in [6.45, 7) is 5.36. The molecule has 8 heteroatoms. The molecule has 0 spiro atoms. The van der Waals surface area contributed by atoms with Crippen LogP contribution in [0.25, 0.3) is 0 Å². The molecule has 0 saturated carbocycles. The molecule has 136 valence electrons. The maximum atomic E-state index is 12.5. The Labute approximate surface area is 152 Å². The number of hydrogen-bond donors (Lipinski definition) is 3. The molecule has 0 fully saturated rings. The molecule has 1 aliphatic rings. The highest BCUT2D eigenvalue weighted by Crippen LogP contribution is 2.40. The molecule has 2 rings (SSSR count). The van der Waals surface area contributed by atoms with Crippen molar-refractivity contribution in [2.45, 2.75) is 33.1 Å². The summed E-state index contributed by atoms with van der Waals surface area (Å²) in [5.41, 5.74) is 7.97. The zero-order valence-electron chi connectivity index (χ0n) is 14.9. The van der Waals surface area contributed by atoms with Crippen LogP contribution < -0.4 is 11.2 Å². The largest absolute Gasteiger partial charge is 0.488 e. The van der Waals surface area contributed by atoms with Crippen molar-refractivity contribution >= 4 is 18.6 Å². The minimum Gasteiger partial charge on any atom is -0.463 e. The van der Waals surface area contributed by atoms with Crippen molar-refractivity contribution in [3.05, 3.63) is 52.1 Å². The summed E-state index contributed by atoms with van der Waals surface area (Å²) in [6, 6.07) is 6.87. The first-order valence-corrected chi connectivity index (χ1v) is 8.29. The maximum Gasteiger partial charge on any atom is 0.488 e. The van der Waals surface area contributed by atoms with Crippen molar-refractivity contribution in [3.8, 4) is 6.07 Å². The molecule has 0 aliphatic carbocycles. The van der Waals surface area contributed by atoms with Crippen LogP contribution in [-0.4, -0.2) is 29.7 Å². The summed E-state index contributed by atoms with van der Waals surface area (Å²) in [6.07, 6.45) is 0.557. The van der Waals surface area contributed by atoms with E-state index >= 15 is 0 Å². The van der Waals surface area contributed by atoms with Gasteiger partial charge >= 0.3 is 13.1 Å². The fraction of sp³-hybridized carbons (Fsp3) is 0.333. The molecule has 0 radical (unpaired) electrons. The minimum atomic E-state index is -1.61. The van der Waals surface area contributed by atoms with Crippen molar-refractivity contribution in [3.63, 3.8) is 0 Å². The van der Waals surface area contributed by atoms with E-state index in [2.05, 4.69) is 0 Å². The number of nitriles is 1. The number of ether oxygens (including phenoxy) is 2. The number of allylic oxidation sites excluding steroid dienone is 2. The van der Waals surface area contributed by atoms with E-state index in [4.69, 9.17) is 15.2 Å². The molecule has 4 N–H and O–H groups in total. The number of nitrogens with two attached hydrogens (primary N) is 1. The van der Waals surface area contributed by atoms with Crippen molar-refractivity contribution in [2.24, 2.45) is 5.73 Å². The van der Waals surface area contributed by atoms with Gasteiger partial charge in [0, 0.05) is 0 Å². The van der Waals surface area contributed by atoms with Gasteiger partial charge in [-0.05, 0) is 36.9 Å². The summed E-state index contributed by atoms with van der Waals surface area (Å²) in [5.74, 6) is -1.11. The lowest BCUT2D eigenvalue weighted by Crippen LogP contribution is -2.31. The number of esters is 1. The van der Waals surface area contributed by atoms with E-state index < -0.39 is 19.0 Å². The summed E-state index contributed by atoms with van der Waals surface area (Å²) in [4.78, 5) is 12.5. The number of carbonyl (C=O) groups excluding carboxylic acids is 1. The van der Waals surface area contributed by atoms with E-state index in [9.17, 15) is 20.1 Å². The van der Waals surface area contributed by atoms with Crippen LogP contribution in [0.3, 0.4) is 0 Å². The zero-order chi connectivity index (χ0) is 19.4. The Morgan fingerprint density at radius 2 is 2.12 bits per heavy atom. The van der Waals surface area contributed by atoms with E-state index in [1.165, 1.54) is 6.07 Å². The SMILES string of the molecule is CCOC(=O)C1=C(C)OC(N)=C(C#N)C1c1ccc(B(O)O)cc1CC. The van der Waals surface area contributed by atoms with Crippen molar-refractivity contribution in [1.29, 1.82) is 5.26 Å².